The number of carbonyl (C=O) groups excluding carboxylic acids is 3. The Morgan fingerprint density at radius 2 is 0.778 bits per heavy atom. The molecule has 18 heteroatoms. The molecule has 3 aromatic carbocycles. The van der Waals surface area contributed by atoms with Crippen molar-refractivity contribution in [1.82, 2.24) is 74.4 Å². The van der Waals surface area contributed by atoms with Gasteiger partial charge in [0.2, 0.25) is 17.3 Å². The first kappa shape index (κ1) is 39.3. The Morgan fingerprint density at radius 1 is 0.429 bits per heavy atom. The van der Waals surface area contributed by atoms with Crippen molar-refractivity contribution in [3.05, 3.63) is 124 Å². The lowest BCUT2D eigenvalue weighted by Gasteiger charge is -2.03. The zero-order chi connectivity index (χ0) is 43.5. The van der Waals surface area contributed by atoms with Gasteiger partial charge < -0.3 is 0 Å². The number of hydrogen-bond acceptors (Lipinski definition) is 15. The fourth-order valence-corrected chi connectivity index (χ4v) is 7.87. The Kier molecular flexibility index (Phi) is 9.68. The molecule has 0 atom stereocenters. The summed E-state index contributed by atoms with van der Waals surface area (Å²) in [4.78, 5) is 50.3. The summed E-state index contributed by atoms with van der Waals surface area (Å²) in [6, 6.07) is 22.3. The van der Waals surface area contributed by atoms with Crippen molar-refractivity contribution in [3.63, 3.8) is 0 Å². The summed E-state index contributed by atoms with van der Waals surface area (Å²) in [5, 5.41) is 38.1. The van der Waals surface area contributed by atoms with Crippen LogP contribution in [0.5, 0.6) is 0 Å². The number of aromatic nitrogens is 15. The zero-order valence-electron chi connectivity index (χ0n) is 35.1. The summed E-state index contributed by atoms with van der Waals surface area (Å²) in [5.41, 5.74) is 7.42. The van der Waals surface area contributed by atoms with Gasteiger partial charge in [0.25, 0.3) is 17.3 Å². The maximum absolute atomic E-state index is 12.4. The lowest BCUT2D eigenvalue weighted by Crippen LogP contribution is -2.09. The van der Waals surface area contributed by atoms with E-state index in [9.17, 15) is 14.4 Å². The smallest absolute Gasteiger partial charge is 0.272 e. The number of fused-ring (bicyclic) bond motifs is 12. The van der Waals surface area contributed by atoms with E-state index in [1.165, 1.54) is 0 Å². The van der Waals surface area contributed by atoms with Gasteiger partial charge in [0, 0.05) is 52.6 Å². The Bertz CT molecular complexity index is 3330. The van der Waals surface area contributed by atoms with E-state index in [4.69, 9.17) is 0 Å². The van der Waals surface area contributed by atoms with Crippen molar-refractivity contribution in [2.75, 3.05) is 0 Å². The van der Waals surface area contributed by atoms with Crippen LogP contribution in [0, 0.1) is 11.8 Å². The molecule has 0 bridgehead atoms. The van der Waals surface area contributed by atoms with Gasteiger partial charge in [-0.3, -0.25) is 14.4 Å². The maximum Gasteiger partial charge on any atom is 0.272 e. The van der Waals surface area contributed by atoms with Crippen LogP contribution in [0.4, 0.5) is 0 Å². The van der Waals surface area contributed by atoms with Gasteiger partial charge in [-0.15, -0.1) is 30.6 Å². The second-order valence-corrected chi connectivity index (χ2v) is 16.3. The molecule has 3 aliphatic carbocycles. The number of nitrogens with zero attached hydrogens (tertiary/aromatic N) is 15. The van der Waals surface area contributed by atoms with Crippen molar-refractivity contribution < 1.29 is 14.4 Å². The summed E-state index contributed by atoms with van der Waals surface area (Å²) in [5.74, 6) is 4.12. The van der Waals surface area contributed by atoms with Crippen molar-refractivity contribution >= 4 is 34.7 Å². The highest BCUT2D eigenvalue weighted by atomic mass is 16.1. The lowest BCUT2D eigenvalue weighted by molar-refractivity contribution is 0.103. The maximum atomic E-state index is 12.4. The molecule has 0 amide bonds. The third kappa shape index (κ3) is 6.70. The minimum absolute atomic E-state index is 0.0841. The molecule has 0 saturated carbocycles. The van der Waals surface area contributed by atoms with E-state index in [-0.39, 0.29) is 17.3 Å². The number of ketones is 3. The number of aryl methyl sites for hydroxylation is 1. The lowest BCUT2D eigenvalue weighted by atomic mass is 10.1. The minimum Gasteiger partial charge on any atom is -0.287 e. The van der Waals surface area contributed by atoms with Crippen molar-refractivity contribution in [2.24, 2.45) is 11.8 Å². The van der Waals surface area contributed by atoms with Crippen molar-refractivity contribution in [3.8, 4) is 33.8 Å². The Labute approximate surface area is 358 Å². The minimum atomic E-state index is -0.0935. The molecular weight excluding hydrogens is 799 g/mol. The van der Waals surface area contributed by atoms with Gasteiger partial charge in [0.15, 0.2) is 23.2 Å². The molecule has 0 aliphatic heterocycles. The number of unbranched alkanes of at least 4 members (excludes halogenated alkanes) is 1. The quantitative estimate of drug-likeness (QED) is 0.182. The largest absolute Gasteiger partial charge is 0.287 e. The van der Waals surface area contributed by atoms with Gasteiger partial charge >= 0.3 is 0 Å². The molecule has 0 spiro atoms. The first-order chi connectivity index (χ1) is 30.6. The summed E-state index contributed by atoms with van der Waals surface area (Å²) in [6.07, 6.45) is 4.42. The highest BCUT2D eigenvalue weighted by molar-refractivity contribution is 6.21. The van der Waals surface area contributed by atoms with Crippen LogP contribution >= 0.6 is 0 Å². The molecule has 0 unspecified atom stereocenters. The third-order valence-electron chi connectivity index (χ3n) is 10.8. The Hall–Kier alpha value is -7.89. The standard InChI is InChI=1S/3C15H13N5O/c1-8(2)7-11-17-18-15-16-13-12(19-20(11)15)9-5-3-4-6-10(9)14(13)21;1-8(2)7-11-17-18-15-16-12-9-5-3-4-6-10(9)14(21)13(12)19-20(11)15;1-2-3-8-11-17-18-15-16-13-12(19-20(11)15)9-6-4-5-7-10(9)14(13)21/h2*3-6,8H,7H2,1-2H3;4-7H,2-3,8H2,1H3. The molecule has 0 fully saturated rings. The number of carbonyl (C=O) groups is 3. The van der Waals surface area contributed by atoms with Crippen LogP contribution in [0.2, 0.25) is 0 Å². The average Bonchev–Trinajstić information content (AvgIpc) is 4.14. The highest BCUT2D eigenvalue weighted by Gasteiger charge is 2.33. The van der Waals surface area contributed by atoms with Crippen LogP contribution in [0.1, 0.15) is 113 Å². The molecule has 6 aromatic heterocycles. The van der Waals surface area contributed by atoms with Crippen molar-refractivity contribution in [1.29, 1.82) is 0 Å². The molecule has 6 heterocycles. The van der Waals surface area contributed by atoms with E-state index in [0.29, 0.717) is 80.0 Å². The van der Waals surface area contributed by atoms with Gasteiger partial charge in [-0.2, -0.15) is 28.8 Å². The SMILES string of the molecule is CC(C)Cc1nnc2nc3c(nn12)-c1ccccc1C3=O.CC(C)Cc1nnc2nc3c(nn12)C(=O)c1ccccc1-3.CCCCc1nnc2nc3c(nn12)-c1ccccc1C3=O. The molecule has 12 rings (SSSR count). The molecule has 3 aliphatic rings. The molecule has 312 valence electrons. The van der Waals surface area contributed by atoms with Crippen LogP contribution in [-0.4, -0.2) is 91.7 Å². The Morgan fingerprint density at radius 3 is 1.21 bits per heavy atom. The Balaban J connectivity index is 0.000000112. The molecule has 0 saturated heterocycles. The topological polar surface area (TPSA) is 219 Å². The van der Waals surface area contributed by atoms with Gasteiger partial charge in [-0.05, 0) is 18.3 Å². The van der Waals surface area contributed by atoms with E-state index < -0.39 is 0 Å². The fourth-order valence-electron chi connectivity index (χ4n) is 7.87. The normalized spacial score (nSPS) is 12.9. The highest BCUT2D eigenvalue weighted by Crippen LogP contribution is 2.36. The van der Waals surface area contributed by atoms with Crippen LogP contribution in [0.15, 0.2) is 72.8 Å². The van der Waals surface area contributed by atoms with Crippen LogP contribution in [-0.2, 0) is 19.3 Å². The molecular formula is C45H39N15O3. The molecule has 63 heavy (non-hydrogen) atoms. The first-order valence-corrected chi connectivity index (χ1v) is 20.9. The predicted octanol–water partition coefficient (Wildman–Crippen LogP) is 5.93. The van der Waals surface area contributed by atoms with Gasteiger partial charge in [0.05, 0.1) is 0 Å². The fraction of sp³-hybridized carbons (Fsp3) is 0.267. The van der Waals surface area contributed by atoms with E-state index >= 15 is 0 Å². The van der Waals surface area contributed by atoms with Gasteiger partial charge in [-0.25, -0.2) is 15.0 Å². The zero-order valence-corrected chi connectivity index (χ0v) is 35.1. The van der Waals surface area contributed by atoms with Crippen LogP contribution in [0.3, 0.4) is 0 Å². The summed E-state index contributed by atoms with van der Waals surface area (Å²) in [6.45, 7) is 10.6. The second-order valence-electron chi connectivity index (χ2n) is 16.3. The number of hydrogen-bond donors (Lipinski definition) is 0. The molecule has 9 aromatic rings. The van der Waals surface area contributed by atoms with E-state index in [1.54, 1.807) is 31.7 Å². The number of benzene rings is 3. The number of rotatable bonds is 7. The van der Waals surface area contributed by atoms with Crippen LogP contribution in [0.25, 0.3) is 51.1 Å². The summed E-state index contributed by atoms with van der Waals surface area (Å²) in [7, 11) is 0. The first-order valence-electron chi connectivity index (χ1n) is 20.9. The molecule has 0 N–H and O–H groups in total. The van der Waals surface area contributed by atoms with Crippen LogP contribution < -0.4 is 0 Å². The van der Waals surface area contributed by atoms with E-state index in [2.05, 4.69) is 95.5 Å². The van der Waals surface area contributed by atoms with Gasteiger partial charge in [0.1, 0.15) is 28.5 Å². The second kappa shape index (κ2) is 15.5. The summed E-state index contributed by atoms with van der Waals surface area (Å²) < 4.78 is 4.89. The molecule has 0 radical (unpaired) electrons. The summed E-state index contributed by atoms with van der Waals surface area (Å²) >= 11 is 0. The molecule has 18 nitrogen and oxygen atoms in total. The van der Waals surface area contributed by atoms with Crippen molar-refractivity contribution in [2.45, 2.75) is 66.7 Å². The third-order valence-corrected chi connectivity index (χ3v) is 10.8. The average molecular weight is 838 g/mol. The monoisotopic (exact) mass is 837 g/mol. The van der Waals surface area contributed by atoms with E-state index in [1.807, 2.05) is 54.6 Å². The predicted molar refractivity (Wildman–Crippen MR) is 228 cm³/mol. The van der Waals surface area contributed by atoms with Gasteiger partial charge in [-0.1, -0.05) is 114 Å². The van der Waals surface area contributed by atoms with E-state index in [0.717, 1.165) is 66.3 Å².